The van der Waals surface area contributed by atoms with Crippen LogP contribution in [0.3, 0.4) is 0 Å². The fraction of sp³-hybridized carbons (Fsp3) is 0.172. The lowest BCUT2D eigenvalue weighted by Crippen LogP contribution is -2.33. The fourth-order valence-electron chi connectivity index (χ4n) is 6.01. The van der Waals surface area contributed by atoms with Crippen LogP contribution >= 0.6 is 0 Å². The summed E-state index contributed by atoms with van der Waals surface area (Å²) in [6.07, 6.45) is 4.07. The van der Waals surface area contributed by atoms with Crippen LogP contribution in [0.4, 0.5) is 11.4 Å². The van der Waals surface area contributed by atoms with Crippen molar-refractivity contribution in [1.82, 2.24) is 0 Å². The first-order valence-electron chi connectivity index (χ1n) is 11.7. The summed E-state index contributed by atoms with van der Waals surface area (Å²) in [5.41, 5.74) is 4.11. The minimum Gasteiger partial charge on any atom is -0.495 e. The zero-order chi connectivity index (χ0) is 25.0. The van der Waals surface area contributed by atoms with Crippen molar-refractivity contribution < 1.29 is 19.2 Å². The minimum atomic E-state index is -0.561. The maximum Gasteiger partial charge on any atom is 0.271 e. The maximum absolute atomic E-state index is 13.8. The van der Waals surface area contributed by atoms with E-state index in [9.17, 15) is 19.7 Å². The molecule has 4 atom stereocenters. The largest absolute Gasteiger partial charge is 0.495 e. The lowest BCUT2D eigenvalue weighted by Gasteiger charge is -2.22. The zero-order valence-corrected chi connectivity index (χ0v) is 19.4. The first-order chi connectivity index (χ1) is 17.5. The molecule has 1 heterocycles. The van der Waals surface area contributed by atoms with Crippen molar-refractivity contribution in [3.8, 4) is 5.75 Å². The number of rotatable bonds is 5. The molecule has 36 heavy (non-hydrogen) atoms. The van der Waals surface area contributed by atoms with Gasteiger partial charge in [0.2, 0.25) is 11.8 Å². The third kappa shape index (κ3) is 3.12. The Morgan fingerprint density at radius 1 is 0.833 bits per heavy atom. The number of amides is 2. The van der Waals surface area contributed by atoms with E-state index in [0.717, 1.165) is 27.2 Å². The Hall–Kier alpha value is -4.52. The Kier molecular flexibility index (Phi) is 5.07. The lowest BCUT2D eigenvalue weighted by molar-refractivity contribution is -0.384. The first-order valence-corrected chi connectivity index (χ1v) is 11.7. The van der Waals surface area contributed by atoms with Crippen LogP contribution in [-0.4, -0.2) is 23.8 Å². The number of benzene rings is 3. The van der Waals surface area contributed by atoms with Gasteiger partial charge in [0.1, 0.15) is 11.4 Å². The molecule has 2 amide bonds. The number of carbonyl (C=O) groups is 2. The second-order valence-electron chi connectivity index (χ2n) is 9.18. The Balaban J connectivity index is 1.48. The summed E-state index contributed by atoms with van der Waals surface area (Å²) >= 11 is 0. The fourth-order valence-corrected chi connectivity index (χ4v) is 6.01. The van der Waals surface area contributed by atoms with Crippen molar-refractivity contribution >= 4 is 28.8 Å². The third-order valence-corrected chi connectivity index (χ3v) is 7.44. The quantitative estimate of drug-likeness (QED) is 0.222. The number of nitro benzene ring substituents is 1. The molecule has 0 unspecified atom stereocenters. The van der Waals surface area contributed by atoms with Crippen molar-refractivity contribution in [2.75, 3.05) is 12.0 Å². The SMILES string of the molecule is COc1ccc([N+](=O)[O-])cc1N1C(=O)[C@@H]2[C@H](C1=O)[C@@H]1C=C[C@@H]2C1=C(c1ccccc1)c1ccccc1. The Morgan fingerprint density at radius 2 is 1.36 bits per heavy atom. The van der Waals surface area contributed by atoms with E-state index < -0.39 is 16.8 Å². The lowest BCUT2D eigenvalue weighted by atomic mass is 9.85. The molecule has 3 aliphatic rings. The number of hydrogen-bond acceptors (Lipinski definition) is 5. The summed E-state index contributed by atoms with van der Waals surface area (Å²) in [6.45, 7) is 0. The molecule has 3 aromatic rings. The van der Waals surface area contributed by atoms with Crippen molar-refractivity contribution in [3.63, 3.8) is 0 Å². The molecular formula is C29H22N2O5. The van der Waals surface area contributed by atoms with E-state index in [-0.39, 0.29) is 40.8 Å². The van der Waals surface area contributed by atoms with Crippen LogP contribution in [0.2, 0.25) is 0 Å². The topological polar surface area (TPSA) is 89.8 Å². The van der Waals surface area contributed by atoms with Crippen LogP contribution in [0.5, 0.6) is 5.75 Å². The highest BCUT2D eigenvalue weighted by Gasteiger charge is 2.62. The summed E-state index contributed by atoms with van der Waals surface area (Å²) in [5, 5.41) is 11.4. The van der Waals surface area contributed by atoms with Gasteiger partial charge in [-0.1, -0.05) is 72.8 Å². The second-order valence-corrected chi connectivity index (χ2v) is 9.18. The predicted octanol–water partition coefficient (Wildman–Crippen LogP) is 5.03. The average Bonchev–Trinajstić information content (AvgIpc) is 3.54. The van der Waals surface area contributed by atoms with Gasteiger partial charge in [0.05, 0.1) is 23.9 Å². The molecule has 6 rings (SSSR count). The van der Waals surface area contributed by atoms with Gasteiger partial charge < -0.3 is 4.74 Å². The molecule has 0 N–H and O–H groups in total. The van der Waals surface area contributed by atoms with Gasteiger partial charge in [0.25, 0.3) is 5.69 Å². The highest BCUT2D eigenvalue weighted by atomic mass is 16.6. The van der Waals surface area contributed by atoms with Gasteiger partial charge in [-0.25, -0.2) is 4.90 Å². The van der Waals surface area contributed by atoms with Crippen LogP contribution in [0.15, 0.2) is 96.6 Å². The van der Waals surface area contributed by atoms with Gasteiger partial charge >= 0.3 is 0 Å². The minimum absolute atomic E-state index is 0.118. The number of anilines is 1. The molecule has 3 aromatic carbocycles. The average molecular weight is 479 g/mol. The van der Waals surface area contributed by atoms with Crippen LogP contribution in [0.25, 0.3) is 5.57 Å². The van der Waals surface area contributed by atoms with Gasteiger partial charge in [0, 0.05) is 24.0 Å². The van der Waals surface area contributed by atoms with Gasteiger partial charge in [0.15, 0.2) is 0 Å². The molecule has 7 nitrogen and oxygen atoms in total. The number of nitro groups is 1. The van der Waals surface area contributed by atoms with Crippen LogP contribution in [0, 0.1) is 33.8 Å². The molecule has 0 aromatic heterocycles. The van der Waals surface area contributed by atoms with Crippen molar-refractivity contribution in [1.29, 1.82) is 0 Å². The molecule has 1 saturated carbocycles. The van der Waals surface area contributed by atoms with E-state index in [2.05, 4.69) is 0 Å². The number of imide groups is 1. The number of nitrogens with zero attached hydrogens (tertiary/aromatic N) is 2. The molecule has 178 valence electrons. The summed E-state index contributed by atoms with van der Waals surface area (Å²) < 4.78 is 5.36. The van der Waals surface area contributed by atoms with E-state index in [1.807, 2.05) is 72.8 Å². The van der Waals surface area contributed by atoms with E-state index in [1.165, 1.54) is 25.3 Å². The highest BCUT2D eigenvalue weighted by Crippen LogP contribution is 2.59. The Bertz CT molecular complexity index is 1390. The summed E-state index contributed by atoms with van der Waals surface area (Å²) in [4.78, 5) is 39.5. The second kappa shape index (κ2) is 8.30. The van der Waals surface area contributed by atoms with Crippen molar-refractivity contribution in [2.45, 2.75) is 0 Å². The van der Waals surface area contributed by atoms with E-state index >= 15 is 0 Å². The molecular weight excluding hydrogens is 456 g/mol. The molecule has 1 aliphatic heterocycles. The Labute approximate surface area is 207 Å². The molecule has 0 spiro atoms. The smallest absolute Gasteiger partial charge is 0.271 e. The number of methoxy groups -OCH3 is 1. The maximum atomic E-state index is 13.8. The van der Waals surface area contributed by atoms with Gasteiger partial charge in [-0.3, -0.25) is 19.7 Å². The molecule has 2 fully saturated rings. The number of allylic oxidation sites excluding steroid dienone is 3. The summed E-state index contributed by atoms with van der Waals surface area (Å²) in [5.74, 6) is -2.05. The first kappa shape index (κ1) is 22.0. The van der Waals surface area contributed by atoms with E-state index in [4.69, 9.17) is 4.74 Å². The normalized spacial score (nSPS) is 23.8. The summed E-state index contributed by atoms with van der Waals surface area (Å²) in [6, 6.07) is 24.0. The van der Waals surface area contributed by atoms with Gasteiger partial charge in [-0.15, -0.1) is 0 Å². The predicted molar refractivity (Wildman–Crippen MR) is 134 cm³/mol. The van der Waals surface area contributed by atoms with Gasteiger partial charge in [-0.05, 0) is 28.3 Å². The molecule has 1 saturated heterocycles. The monoisotopic (exact) mass is 478 g/mol. The van der Waals surface area contributed by atoms with Crippen LogP contribution in [-0.2, 0) is 9.59 Å². The number of hydrogen-bond donors (Lipinski definition) is 0. The number of fused-ring (bicyclic) bond motifs is 5. The molecule has 7 heteroatoms. The third-order valence-electron chi connectivity index (χ3n) is 7.44. The van der Waals surface area contributed by atoms with Crippen molar-refractivity contribution in [3.05, 3.63) is 118 Å². The standard InChI is InChI=1S/C29H22N2O5/c1-36-23-15-12-19(31(34)35)16-22(23)30-28(32)26-20-13-14-21(27(26)29(30)33)25(20)24(17-8-4-2-5-9-17)18-10-6-3-7-11-18/h2-16,20-21,26-27H,1H3/t20-,21-,26-,27+/m1/s1. The van der Waals surface area contributed by atoms with Crippen LogP contribution < -0.4 is 9.64 Å². The van der Waals surface area contributed by atoms with E-state index in [1.54, 1.807) is 0 Å². The molecule has 2 aliphatic carbocycles. The summed E-state index contributed by atoms with van der Waals surface area (Å²) in [7, 11) is 1.41. The number of ether oxygens (including phenoxy) is 1. The Morgan fingerprint density at radius 3 is 1.83 bits per heavy atom. The molecule has 0 radical (unpaired) electrons. The van der Waals surface area contributed by atoms with Gasteiger partial charge in [-0.2, -0.15) is 0 Å². The zero-order valence-electron chi connectivity index (χ0n) is 19.4. The van der Waals surface area contributed by atoms with E-state index in [0.29, 0.717) is 0 Å². The number of non-ortho nitro benzene ring substituents is 1. The number of carbonyl (C=O) groups excluding carboxylic acids is 2. The van der Waals surface area contributed by atoms with Crippen LogP contribution in [0.1, 0.15) is 11.1 Å². The highest BCUT2D eigenvalue weighted by molar-refractivity contribution is 6.24. The van der Waals surface area contributed by atoms with Crippen molar-refractivity contribution in [2.24, 2.45) is 23.7 Å². The molecule has 2 bridgehead atoms.